The summed E-state index contributed by atoms with van der Waals surface area (Å²) in [6.45, 7) is 0. The van der Waals surface area contributed by atoms with E-state index in [0.717, 1.165) is 24.3 Å². The summed E-state index contributed by atoms with van der Waals surface area (Å²) in [5.74, 6) is -0.786. The number of anilines is 1. The van der Waals surface area contributed by atoms with E-state index in [1.807, 2.05) is 0 Å². The lowest BCUT2D eigenvalue weighted by atomic mass is 10.1. The second-order valence-corrected chi connectivity index (χ2v) is 5.39. The van der Waals surface area contributed by atoms with Crippen molar-refractivity contribution >= 4 is 11.6 Å². The fourth-order valence-electron chi connectivity index (χ4n) is 2.22. The van der Waals surface area contributed by atoms with Gasteiger partial charge in [0.1, 0.15) is 11.5 Å². The van der Waals surface area contributed by atoms with E-state index in [-0.39, 0.29) is 22.7 Å². The molecule has 9 heteroatoms. The van der Waals surface area contributed by atoms with E-state index in [2.05, 4.69) is 15.3 Å². The number of rotatable bonds is 4. The second-order valence-electron chi connectivity index (χ2n) is 5.39. The summed E-state index contributed by atoms with van der Waals surface area (Å²) < 4.78 is 44.5. The number of alkyl halides is 3. The smallest absolute Gasteiger partial charge is 0.416 e. The molecule has 0 unspecified atom stereocenters. The van der Waals surface area contributed by atoms with E-state index in [0.29, 0.717) is 0 Å². The third-order valence-corrected chi connectivity index (χ3v) is 3.46. The van der Waals surface area contributed by atoms with Crippen LogP contribution in [0.4, 0.5) is 18.9 Å². The lowest BCUT2D eigenvalue weighted by Gasteiger charge is -2.14. The number of hydrogen-bond donors (Lipinski definition) is 2. The van der Waals surface area contributed by atoms with Crippen LogP contribution in [-0.2, 0) is 6.18 Å². The summed E-state index contributed by atoms with van der Waals surface area (Å²) in [5.41, 5.74) is -1.33. The van der Waals surface area contributed by atoms with E-state index in [1.54, 1.807) is 0 Å². The number of nitrogens with zero attached hydrogens (tertiary/aromatic N) is 1. The molecule has 0 spiro atoms. The molecule has 0 aliphatic heterocycles. The monoisotopic (exact) mass is 375 g/mol. The molecule has 138 valence electrons. The minimum atomic E-state index is -4.60. The summed E-state index contributed by atoms with van der Waals surface area (Å²) >= 11 is 0. The molecular weight excluding hydrogens is 363 g/mol. The zero-order valence-electron chi connectivity index (χ0n) is 13.6. The molecule has 0 saturated heterocycles. The Morgan fingerprint density at radius 2 is 1.81 bits per heavy atom. The number of nitrogens with one attached hydrogen (secondary N) is 2. The van der Waals surface area contributed by atoms with Gasteiger partial charge in [-0.05, 0) is 36.4 Å². The molecule has 0 atom stereocenters. The van der Waals surface area contributed by atoms with Gasteiger partial charge < -0.3 is 15.0 Å². The van der Waals surface area contributed by atoms with Crippen molar-refractivity contribution in [1.29, 1.82) is 0 Å². The van der Waals surface area contributed by atoms with E-state index in [1.165, 1.54) is 36.8 Å². The van der Waals surface area contributed by atoms with E-state index >= 15 is 0 Å². The van der Waals surface area contributed by atoms with Crippen LogP contribution in [0.15, 0.2) is 65.8 Å². The van der Waals surface area contributed by atoms with Crippen molar-refractivity contribution in [3.8, 4) is 11.5 Å². The van der Waals surface area contributed by atoms with Gasteiger partial charge in [0.2, 0.25) is 5.56 Å². The number of aromatic amines is 1. The van der Waals surface area contributed by atoms with Crippen molar-refractivity contribution in [3.05, 3.63) is 82.5 Å². The lowest BCUT2D eigenvalue weighted by molar-refractivity contribution is -0.137. The van der Waals surface area contributed by atoms with Gasteiger partial charge in [0.25, 0.3) is 5.91 Å². The molecule has 0 aliphatic rings. The number of H-pyrrole nitrogens is 1. The van der Waals surface area contributed by atoms with Gasteiger partial charge >= 0.3 is 6.18 Å². The van der Waals surface area contributed by atoms with Crippen LogP contribution in [-0.4, -0.2) is 15.9 Å². The van der Waals surface area contributed by atoms with Gasteiger partial charge in [0.05, 0.1) is 11.1 Å². The number of pyridine rings is 2. The first-order valence-electron chi connectivity index (χ1n) is 7.62. The minimum Gasteiger partial charge on any atom is -0.456 e. The summed E-state index contributed by atoms with van der Waals surface area (Å²) in [7, 11) is 0. The van der Waals surface area contributed by atoms with Gasteiger partial charge in [0.15, 0.2) is 0 Å². The highest BCUT2D eigenvalue weighted by atomic mass is 19.4. The first-order valence-corrected chi connectivity index (χ1v) is 7.62. The Labute approximate surface area is 150 Å². The molecule has 3 aromatic rings. The summed E-state index contributed by atoms with van der Waals surface area (Å²) in [4.78, 5) is 30.0. The third kappa shape index (κ3) is 4.51. The number of halogens is 3. The van der Waals surface area contributed by atoms with Crippen LogP contribution in [0.3, 0.4) is 0 Å². The Balaban J connectivity index is 1.97. The van der Waals surface area contributed by atoms with Crippen LogP contribution in [0.1, 0.15) is 15.9 Å². The SMILES string of the molecule is O=C(Nc1cc[nH]c(=O)c1)c1ccc(C(F)(F)F)cc1Oc1ccncc1. The largest absolute Gasteiger partial charge is 0.456 e. The van der Waals surface area contributed by atoms with E-state index in [9.17, 15) is 22.8 Å². The summed E-state index contributed by atoms with van der Waals surface area (Å²) in [5, 5.41) is 2.45. The highest BCUT2D eigenvalue weighted by Crippen LogP contribution is 2.35. The van der Waals surface area contributed by atoms with Gasteiger partial charge in [-0.25, -0.2) is 0 Å². The number of hydrogen-bond acceptors (Lipinski definition) is 4. The lowest BCUT2D eigenvalue weighted by Crippen LogP contribution is -2.16. The number of ether oxygens (including phenoxy) is 1. The third-order valence-electron chi connectivity index (χ3n) is 3.46. The molecule has 2 aromatic heterocycles. The second kappa shape index (κ2) is 7.32. The van der Waals surface area contributed by atoms with Crippen molar-refractivity contribution in [2.45, 2.75) is 6.18 Å². The fraction of sp³-hybridized carbons (Fsp3) is 0.0556. The number of benzene rings is 1. The molecule has 6 nitrogen and oxygen atoms in total. The summed E-state index contributed by atoms with van der Waals surface area (Å²) in [6.07, 6.45) is -0.463. The van der Waals surface area contributed by atoms with Crippen LogP contribution in [0.2, 0.25) is 0 Å². The van der Waals surface area contributed by atoms with Crippen LogP contribution < -0.4 is 15.6 Å². The molecule has 0 aliphatic carbocycles. The Hall–Kier alpha value is -3.62. The molecule has 1 aromatic carbocycles. The Bertz CT molecular complexity index is 1020. The predicted octanol–water partition coefficient (Wildman–Crippen LogP) is 3.83. The van der Waals surface area contributed by atoms with Crippen LogP contribution in [0, 0.1) is 0 Å². The van der Waals surface area contributed by atoms with Crippen LogP contribution in [0.5, 0.6) is 11.5 Å². The van der Waals surface area contributed by atoms with Crippen molar-refractivity contribution in [3.63, 3.8) is 0 Å². The quantitative estimate of drug-likeness (QED) is 0.726. The van der Waals surface area contributed by atoms with Crippen LogP contribution in [0.25, 0.3) is 0 Å². The number of carbonyl (C=O) groups excluding carboxylic acids is 1. The molecule has 1 amide bonds. The van der Waals surface area contributed by atoms with E-state index in [4.69, 9.17) is 4.74 Å². The highest BCUT2D eigenvalue weighted by Gasteiger charge is 2.32. The molecule has 0 radical (unpaired) electrons. The molecule has 2 heterocycles. The molecular formula is C18H12F3N3O3. The number of carbonyl (C=O) groups is 1. The summed E-state index contributed by atoms with van der Waals surface area (Å²) in [6, 6.07) is 8.01. The molecule has 3 rings (SSSR count). The average Bonchev–Trinajstić information content (AvgIpc) is 2.62. The van der Waals surface area contributed by atoms with Crippen molar-refractivity contribution in [2.24, 2.45) is 0 Å². The fourth-order valence-corrected chi connectivity index (χ4v) is 2.22. The predicted molar refractivity (Wildman–Crippen MR) is 90.8 cm³/mol. The maximum Gasteiger partial charge on any atom is 0.416 e. The normalized spacial score (nSPS) is 11.1. The number of aromatic nitrogens is 2. The Morgan fingerprint density at radius 1 is 1.07 bits per heavy atom. The zero-order valence-corrected chi connectivity index (χ0v) is 13.6. The molecule has 27 heavy (non-hydrogen) atoms. The molecule has 2 N–H and O–H groups in total. The maximum atomic E-state index is 13.0. The molecule has 0 saturated carbocycles. The van der Waals surface area contributed by atoms with Crippen molar-refractivity contribution < 1.29 is 22.7 Å². The van der Waals surface area contributed by atoms with E-state index < -0.39 is 23.2 Å². The maximum absolute atomic E-state index is 13.0. The zero-order chi connectivity index (χ0) is 19.4. The van der Waals surface area contributed by atoms with Gasteiger partial charge in [-0.15, -0.1) is 0 Å². The Morgan fingerprint density at radius 3 is 2.48 bits per heavy atom. The van der Waals surface area contributed by atoms with Gasteiger partial charge in [-0.2, -0.15) is 13.2 Å². The minimum absolute atomic E-state index is 0.125. The average molecular weight is 375 g/mol. The highest BCUT2D eigenvalue weighted by molar-refractivity contribution is 6.06. The number of amides is 1. The standard InChI is InChI=1S/C18H12F3N3O3/c19-18(20,21)11-1-2-14(15(9-11)27-13-4-6-22-7-5-13)17(26)24-12-3-8-23-16(25)10-12/h1-10H,(H2,23,24,25,26). The van der Waals surface area contributed by atoms with Gasteiger partial charge in [-0.3, -0.25) is 14.6 Å². The Kier molecular flexibility index (Phi) is 4.93. The van der Waals surface area contributed by atoms with Gasteiger partial charge in [0, 0.05) is 30.3 Å². The molecule has 0 fully saturated rings. The molecule has 0 bridgehead atoms. The first kappa shape index (κ1) is 18.2. The first-order chi connectivity index (χ1) is 12.8. The van der Waals surface area contributed by atoms with Crippen molar-refractivity contribution in [1.82, 2.24) is 9.97 Å². The van der Waals surface area contributed by atoms with Gasteiger partial charge in [-0.1, -0.05) is 0 Å². The van der Waals surface area contributed by atoms with Crippen LogP contribution >= 0.6 is 0 Å². The van der Waals surface area contributed by atoms with Crippen molar-refractivity contribution in [2.75, 3.05) is 5.32 Å². The topological polar surface area (TPSA) is 84.1 Å².